The van der Waals surface area contributed by atoms with Crippen LogP contribution < -0.4 is 5.32 Å². The van der Waals surface area contributed by atoms with E-state index in [0.717, 1.165) is 11.6 Å². The molecule has 74 valence electrons. The van der Waals surface area contributed by atoms with Crippen molar-refractivity contribution in [2.45, 2.75) is 17.2 Å². The molecule has 1 rings (SSSR count). The summed E-state index contributed by atoms with van der Waals surface area (Å²) >= 11 is 1.71. The van der Waals surface area contributed by atoms with E-state index in [1.165, 1.54) is 0 Å². The number of hydrogen-bond acceptors (Lipinski definition) is 4. The van der Waals surface area contributed by atoms with Gasteiger partial charge in [0.05, 0.1) is 11.6 Å². The maximum absolute atomic E-state index is 5.13. The number of aromatic nitrogens is 2. The van der Waals surface area contributed by atoms with Crippen molar-refractivity contribution in [1.29, 1.82) is 0 Å². The molecule has 3 nitrogen and oxygen atoms in total. The van der Waals surface area contributed by atoms with Crippen molar-refractivity contribution in [2.24, 2.45) is 0 Å². The SMILES string of the molecule is C#CCNCC(C)Sc1ccncn1. The Bertz CT molecular complexity index is 294. The number of nitrogens with one attached hydrogen (secondary N) is 1. The molecule has 1 aromatic heterocycles. The molecule has 0 aliphatic carbocycles. The summed E-state index contributed by atoms with van der Waals surface area (Å²) in [7, 11) is 0. The second kappa shape index (κ2) is 6.41. The van der Waals surface area contributed by atoms with Crippen LogP contribution in [-0.4, -0.2) is 28.3 Å². The highest BCUT2D eigenvalue weighted by molar-refractivity contribution is 7.99. The predicted molar refractivity (Wildman–Crippen MR) is 59.1 cm³/mol. The van der Waals surface area contributed by atoms with Crippen LogP contribution in [0.5, 0.6) is 0 Å². The molecule has 0 aromatic carbocycles. The fourth-order valence-electron chi connectivity index (χ4n) is 0.944. The average Bonchev–Trinajstić information content (AvgIpc) is 2.20. The summed E-state index contributed by atoms with van der Waals surface area (Å²) in [4.78, 5) is 7.99. The monoisotopic (exact) mass is 207 g/mol. The molecule has 0 radical (unpaired) electrons. The summed E-state index contributed by atoms with van der Waals surface area (Å²) in [5.74, 6) is 2.54. The second-order valence-electron chi connectivity index (χ2n) is 2.81. The van der Waals surface area contributed by atoms with Crippen LogP contribution in [-0.2, 0) is 0 Å². The summed E-state index contributed by atoms with van der Waals surface area (Å²) in [6.45, 7) is 3.64. The van der Waals surface area contributed by atoms with Gasteiger partial charge in [0.1, 0.15) is 6.33 Å². The van der Waals surface area contributed by atoms with E-state index in [2.05, 4.69) is 28.1 Å². The molecule has 14 heavy (non-hydrogen) atoms. The minimum absolute atomic E-state index is 0.457. The summed E-state index contributed by atoms with van der Waals surface area (Å²) in [6.07, 6.45) is 8.43. The highest BCUT2D eigenvalue weighted by Gasteiger charge is 2.03. The molecule has 0 fully saturated rings. The Kier molecular flexibility index (Phi) is 5.05. The molecule has 1 aromatic rings. The van der Waals surface area contributed by atoms with E-state index in [9.17, 15) is 0 Å². The van der Waals surface area contributed by atoms with Crippen LogP contribution in [0.15, 0.2) is 23.6 Å². The first-order chi connectivity index (χ1) is 6.83. The van der Waals surface area contributed by atoms with Crippen molar-refractivity contribution < 1.29 is 0 Å². The Labute approximate surface area is 88.7 Å². The van der Waals surface area contributed by atoms with Gasteiger partial charge in [-0.3, -0.25) is 0 Å². The second-order valence-corrected chi connectivity index (χ2v) is 4.27. The lowest BCUT2D eigenvalue weighted by Gasteiger charge is -2.09. The van der Waals surface area contributed by atoms with Gasteiger partial charge in [0.25, 0.3) is 0 Å². The van der Waals surface area contributed by atoms with E-state index in [4.69, 9.17) is 6.42 Å². The topological polar surface area (TPSA) is 37.8 Å². The van der Waals surface area contributed by atoms with Crippen LogP contribution in [0.3, 0.4) is 0 Å². The van der Waals surface area contributed by atoms with Gasteiger partial charge < -0.3 is 5.32 Å². The summed E-state index contributed by atoms with van der Waals surface area (Å²) in [6, 6.07) is 1.91. The molecule has 1 N–H and O–H groups in total. The molecule has 0 amide bonds. The van der Waals surface area contributed by atoms with Crippen LogP contribution in [0.1, 0.15) is 6.92 Å². The van der Waals surface area contributed by atoms with Crippen LogP contribution in [0, 0.1) is 12.3 Å². The zero-order valence-electron chi connectivity index (χ0n) is 8.10. The third-order valence-corrected chi connectivity index (χ3v) is 2.59. The molecule has 0 spiro atoms. The van der Waals surface area contributed by atoms with Gasteiger partial charge in [-0.25, -0.2) is 9.97 Å². The van der Waals surface area contributed by atoms with Crippen molar-refractivity contribution in [3.05, 3.63) is 18.6 Å². The molecule has 0 saturated carbocycles. The van der Waals surface area contributed by atoms with Gasteiger partial charge in [-0.2, -0.15) is 0 Å². The Hall–Kier alpha value is -1.05. The molecular weight excluding hydrogens is 194 g/mol. The molecule has 0 saturated heterocycles. The van der Waals surface area contributed by atoms with Gasteiger partial charge in [0.2, 0.25) is 0 Å². The molecule has 4 heteroatoms. The Morgan fingerprint density at radius 3 is 3.21 bits per heavy atom. The number of hydrogen-bond donors (Lipinski definition) is 1. The Morgan fingerprint density at radius 2 is 2.57 bits per heavy atom. The van der Waals surface area contributed by atoms with Gasteiger partial charge in [0, 0.05) is 18.0 Å². The van der Waals surface area contributed by atoms with Gasteiger partial charge in [-0.1, -0.05) is 12.8 Å². The standard InChI is InChI=1S/C10H13N3S/c1-3-5-11-7-9(2)14-10-4-6-12-8-13-10/h1,4,6,8-9,11H,5,7H2,2H3. The summed E-state index contributed by atoms with van der Waals surface area (Å²) < 4.78 is 0. The summed E-state index contributed by atoms with van der Waals surface area (Å²) in [5, 5.41) is 4.61. The minimum atomic E-state index is 0.457. The largest absolute Gasteiger partial charge is 0.305 e. The molecule has 1 heterocycles. The molecule has 1 unspecified atom stereocenters. The van der Waals surface area contributed by atoms with Gasteiger partial charge in [-0.15, -0.1) is 18.2 Å². The van der Waals surface area contributed by atoms with Crippen molar-refractivity contribution in [1.82, 2.24) is 15.3 Å². The highest BCUT2D eigenvalue weighted by Crippen LogP contribution is 2.18. The van der Waals surface area contributed by atoms with E-state index in [-0.39, 0.29) is 0 Å². The molecule has 0 aliphatic rings. The zero-order valence-corrected chi connectivity index (χ0v) is 8.92. The van der Waals surface area contributed by atoms with E-state index < -0.39 is 0 Å². The smallest absolute Gasteiger partial charge is 0.116 e. The molecule has 1 atom stereocenters. The normalized spacial score (nSPS) is 12.0. The zero-order chi connectivity index (χ0) is 10.2. The third kappa shape index (κ3) is 4.26. The van der Waals surface area contributed by atoms with Crippen molar-refractivity contribution in [3.63, 3.8) is 0 Å². The van der Waals surface area contributed by atoms with E-state index in [1.54, 1.807) is 24.3 Å². The fraction of sp³-hybridized carbons (Fsp3) is 0.400. The lowest BCUT2D eigenvalue weighted by atomic mass is 10.4. The van der Waals surface area contributed by atoms with Gasteiger partial charge >= 0.3 is 0 Å². The maximum Gasteiger partial charge on any atom is 0.116 e. The average molecular weight is 207 g/mol. The number of nitrogens with zero attached hydrogens (tertiary/aromatic N) is 2. The van der Waals surface area contributed by atoms with Crippen molar-refractivity contribution in [2.75, 3.05) is 13.1 Å². The van der Waals surface area contributed by atoms with E-state index in [0.29, 0.717) is 11.8 Å². The van der Waals surface area contributed by atoms with Crippen LogP contribution in [0.25, 0.3) is 0 Å². The maximum atomic E-state index is 5.13. The lowest BCUT2D eigenvalue weighted by Crippen LogP contribution is -2.22. The first-order valence-corrected chi connectivity index (χ1v) is 5.27. The predicted octanol–water partition coefficient (Wildman–Crippen LogP) is 1.18. The van der Waals surface area contributed by atoms with Crippen molar-refractivity contribution in [3.8, 4) is 12.3 Å². The van der Waals surface area contributed by atoms with Crippen LogP contribution in [0.2, 0.25) is 0 Å². The Balaban J connectivity index is 2.28. The third-order valence-electron chi connectivity index (χ3n) is 1.54. The number of terminal acetylenes is 1. The molecule has 0 bridgehead atoms. The fourth-order valence-corrected chi connectivity index (χ4v) is 1.80. The van der Waals surface area contributed by atoms with Crippen LogP contribution in [0.4, 0.5) is 0 Å². The number of rotatable bonds is 5. The number of thioether (sulfide) groups is 1. The first-order valence-electron chi connectivity index (χ1n) is 4.39. The van der Waals surface area contributed by atoms with Gasteiger partial charge in [-0.05, 0) is 6.07 Å². The first kappa shape index (κ1) is 11.0. The van der Waals surface area contributed by atoms with E-state index in [1.807, 2.05) is 6.07 Å². The van der Waals surface area contributed by atoms with Crippen LogP contribution >= 0.6 is 11.8 Å². The molecular formula is C10H13N3S. The quantitative estimate of drug-likeness (QED) is 0.340. The summed E-state index contributed by atoms with van der Waals surface area (Å²) in [5.41, 5.74) is 0. The molecule has 0 aliphatic heterocycles. The Morgan fingerprint density at radius 1 is 1.71 bits per heavy atom. The van der Waals surface area contributed by atoms with Gasteiger partial charge in [0.15, 0.2) is 0 Å². The lowest BCUT2D eigenvalue weighted by molar-refractivity contribution is 0.747. The van der Waals surface area contributed by atoms with E-state index >= 15 is 0 Å². The minimum Gasteiger partial charge on any atom is -0.305 e. The highest BCUT2D eigenvalue weighted by atomic mass is 32.2. The van der Waals surface area contributed by atoms with Crippen molar-refractivity contribution >= 4 is 11.8 Å².